The predicted octanol–water partition coefficient (Wildman–Crippen LogP) is 2.97. The Hall–Kier alpha value is -2.90. The Morgan fingerprint density at radius 2 is 1.82 bits per heavy atom. The number of alkyl halides is 3. The number of benzene rings is 1. The highest BCUT2D eigenvalue weighted by molar-refractivity contribution is 5.78. The first-order chi connectivity index (χ1) is 10.5. The first-order valence-corrected chi connectivity index (χ1v) is 6.28. The Morgan fingerprint density at radius 1 is 1.05 bits per heavy atom. The molecule has 1 aromatic carbocycles. The predicted molar refractivity (Wildman–Crippen MR) is 73.8 cm³/mol. The van der Waals surface area contributed by atoms with Crippen LogP contribution in [-0.2, 0) is 6.18 Å². The van der Waals surface area contributed by atoms with Crippen molar-refractivity contribution < 1.29 is 13.2 Å². The fourth-order valence-electron chi connectivity index (χ4n) is 1.95. The summed E-state index contributed by atoms with van der Waals surface area (Å²) in [4.78, 5) is 0. The molecule has 0 aliphatic heterocycles. The van der Waals surface area contributed by atoms with Crippen LogP contribution < -0.4 is 0 Å². The molecule has 0 fully saturated rings. The number of hydrogen-bond donors (Lipinski definition) is 0. The molecule has 0 bridgehead atoms. The lowest BCUT2D eigenvalue weighted by molar-refractivity contribution is -0.137. The summed E-state index contributed by atoms with van der Waals surface area (Å²) in [5.74, 6) is 0. The van der Waals surface area contributed by atoms with Crippen molar-refractivity contribution in [1.82, 2.24) is 19.4 Å². The van der Waals surface area contributed by atoms with Crippen molar-refractivity contribution in [2.24, 2.45) is 5.10 Å². The minimum Gasteiger partial charge on any atom is -0.316 e. The molecule has 5 nitrogen and oxygen atoms in total. The van der Waals surface area contributed by atoms with Gasteiger partial charge >= 0.3 is 6.18 Å². The molecule has 0 saturated heterocycles. The maximum atomic E-state index is 12.8. The number of hydrogen-bond acceptors (Lipinski definition) is 3. The molecule has 0 radical (unpaired) electrons. The van der Waals surface area contributed by atoms with Crippen LogP contribution in [0.1, 0.15) is 11.3 Å². The molecule has 0 N–H and O–H groups in total. The van der Waals surface area contributed by atoms with E-state index >= 15 is 0 Å². The fourth-order valence-corrected chi connectivity index (χ4v) is 1.95. The molecular formula is C14H10F3N5. The minimum atomic E-state index is -4.38. The van der Waals surface area contributed by atoms with Gasteiger partial charge in [-0.05, 0) is 30.3 Å². The summed E-state index contributed by atoms with van der Waals surface area (Å²) in [6, 6.07) is 8.58. The lowest BCUT2D eigenvalue weighted by Gasteiger charge is -2.10. The van der Waals surface area contributed by atoms with Gasteiger partial charge in [0.1, 0.15) is 12.7 Å². The Kier molecular flexibility index (Phi) is 3.50. The van der Waals surface area contributed by atoms with Crippen LogP contribution in [0.15, 0.2) is 60.4 Å². The van der Waals surface area contributed by atoms with Crippen LogP contribution in [0.3, 0.4) is 0 Å². The van der Waals surface area contributed by atoms with E-state index in [-0.39, 0.29) is 0 Å². The zero-order chi connectivity index (χ0) is 15.6. The molecule has 0 saturated carbocycles. The third-order valence-electron chi connectivity index (χ3n) is 2.96. The summed E-state index contributed by atoms with van der Waals surface area (Å²) in [6.45, 7) is 0. The summed E-state index contributed by atoms with van der Waals surface area (Å²) in [5.41, 5.74) is 0.346. The van der Waals surface area contributed by atoms with Crippen LogP contribution in [-0.4, -0.2) is 25.7 Å². The van der Waals surface area contributed by atoms with Crippen molar-refractivity contribution in [1.29, 1.82) is 0 Å². The van der Waals surface area contributed by atoms with Crippen LogP contribution in [0, 0.1) is 0 Å². The zero-order valence-electron chi connectivity index (χ0n) is 11.1. The van der Waals surface area contributed by atoms with Gasteiger partial charge in [-0.3, -0.25) is 0 Å². The van der Waals surface area contributed by atoms with Gasteiger partial charge in [0.05, 0.1) is 17.5 Å². The van der Waals surface area contributed by atoms with E-state index in [2.05, 4.69) is 15.3 Å². The molecule has 3 aromatic rings. The monoisotopic (exact) mass is 305 g/mol. The van der Waals surface area contributed by atoms with Crippen LogP contribution >= 0.6 is 0 Å². The number of nitrogens with zero attached hydrogens (tertiary/aromatic N) is 5. The van der Waals surface area contributed by atoms with E-state index < -0.39 is 11.7 Å². The van der Waals surface area contributed by atoms with Gasteiger partial charge < -0.3 is 4.57 Å². The first kappa shape index (κ1) is 14.1. The van der Waals surface area contributed by atoms with Gasteiger partial charge in [-0.1, -0.05) is 6.07 Å². The minimum absolute atomic E-state index is 0.407. The fraction of sp³-hybridized carbons (Fsp3) is 0.0714. The summed E-state index contributed by atoms with van der Waals surface area (Å²) in [5, 5.41) is 11.3. The Morgan fingerprint density at radius 3 is 2.55 bits per heavy atom. The molecule has 112 valence electrons. The Balaban J connectivity index is 1.95. The van der Waals surface area contributed by atoms with E-state index in [4.69, 9.17) is 0 Å². The number of rotatable bonds is 3. The van der Waals surface area contributed by atoms with Crippen molar-refractivity contribution in [2.45, 2.75) is 6.18 Å². The molecule has 0 unspecified atom stereocenters. The zero-order valence-corrected chi connectivity index (χ0v) is 11.1. The Labute approximate surface area is 123 Å². The van der Waals surface area contributed by atoms with Crippen LogP contribution in [0.5, 0.6) is 0 Å². The number of halogens is 3. The smallest absolute Gasteiger partial charge is 0.316 e. The standard InChI is InChI=1S/C14H10F3N5/c15-14(16,17)11-3-1-4-12(7-11)22-6-2-5-13(22)8-20-21-9-18-19-10-21/h1-10H. The third kappa shape index (κ3) is 2.90. The largest absolute Gasteiger partial charge is 0.416 e. The summed E-state index contributed by atoms with van der Waals surface area (Å²) in [6.07, 6.45) is 1.63. The van der Waals surface area contributed by atoms with Gasteiger partial charge in [0.25, 0.3) is 0 Å². The maximum Gasteiger partial charge on any atom is 0.416 e. The molecular weight excluding hydrogens is 295 g/mol. The molecule has 2 heterocycles. The molecule has 0 amide bonds. The topological polar surface area (TPSA) is 48.0 Å². The van der Waals surface area contributed by atoms with Gasteiger partial charge in [-0.2, -0.15) is 18.3 Å². The Bertz CT molecular complexity index is 787. The molecule has 2 aromatic heterocycles. The van der Waals surface area contributed by atoms with E-state index in [9.17, 15) is 13.2 Å². The third-order valence-corrected chi connectivity index (χ3v) is 2.96. The molecule has 0 atom stereocenters. The van der Waals surface area contributed by atoms with Crippen LogP contribution in [0.4, 0.5) is 13.2 Å². The van der Waals surface area contributed by atoms with Crippen molar-refractivity contribution in [3.8, 4) is 5.69 Å². The van der Waals surface area contributed by atoms with E-state index in [1.807, 2.05) is 0 Å². The summed E-state index contributed by atoms with van der Waals surface area (Å²) < 4.78 is 41.4. The quantitative estimate of drug-likeness (QED) is 0.698. The van der Waals surface area contributed by atoms with Gasteiger partial charge in [0.15, 0.2) is 0 Å². The van der Waals surface area contributed by atoms with Gasteiger partial charge in [0.2, 0.25) is 0 Å². The highest BCUT2D eigenvalue weighted by atomic mass is 19.4. The van der Waals surface area contributed by atoms with E-state index in [1.54, 1.807) is 29.0 Å². The second-order valence-electron chi connectivity index (χ2n) is 4.44. The van der Waals surface area contributed by atoms with Gasteiger partial charge in [-0.25, -0.2) is 4.68 Å². The molecule has 0 aliphatic carbocycles. The average molecular weight is 305 g/mol. The van der Waals surface area contributed by atoms with Crippen LogP contribution in [0.25, 0.3) is 5.69 Å². The molecule has 22 heavy (non-hydrogen) atoms. The molecule has 0 spiro atoms. The lowest BCUT2D eigenvalue weighted by Crippen LogP contribution is -2.06. The summed E-state index contributed by atoms with van der Waals surface area (Å²) in [7, 11) is 0. The summed E-state index contributed by atoms with van der Waals surface area (Å²) >= 11 is 0. The number of aromatic nitrogens is 4. The van der Waals surface area contributed by atoms with E-state index in [0.717, 1.165) is 12.1 Å². The van der Waals surface area contributed by atoms with Crippen molar-refractivity contribution >= 4 is 6.21 Å². The van der Waals surface area contributed by atoms with Crippen LogP contribution in [0.2, 0.25) is 0 Å². The van der Waals surface area contributed by atoms with E-state index in [1.165, 1.54) is 29.6 Å². The normalized spacial score (nSPS) is 12.1. The first-order valence-electron chi connectivity index (χ1n) is 6.28. The lowest BCUT2D eigenvalue weighted by atomic mass is 10.2. The average Bonchev–Trinajstić information content (AvgIpc) is 3.16. The van der Waals surface area contributed by atoms with Gasteiger partial charge in [0, 0.05) is 11.9 Å². The highest BCUT2D eigenvalue weighted by Crippen LogP contribution is 2.30. The second-order valence-corrected chi connectivity index (χ2v) is 4.44. The second kappa shape index (κ2) is 5.47. The van der Waals surface area contributed by atoms with Crippen molar-refractivity contribution in [3.05, 3.63) is 66.5 Å². The highest BCUT2D eigenvalue weighted by Gasteiger charge is 2.30. The van der Waals surface area contributed by atoms with Gasteiger partial charge in [-0.15, -0.1) is 10.2 Å². The van der Waals surface area contributed by atoms with Crippen molar-refractivity contribution in [3.63, 3.8) is 0 Å². The maximum absolute atomic E-state index is 12.8. The van der Waals surface area contributed by atoms with E-state index in [0.29, 0.717) is 11.4 Å². The SMILES string of the molecule is FC(F)(F)c1cccc(-n2cccc2C=Nn2cnnc2)c1. The molecule has 0 aliphatic rings. The van der Waals surface area contributed by atoms with Crippen molar-refractivity contribution in [2.75, 3.05) is 0 Å². The molecule has 3 rings (SSSR count). The molecule has 8 heteroatoms.